The summed E-state index contributed by atoms with van der Waals surface area (Å²) in [6, 6.07) is 0.985. The molecule has 0 bridgehead atoms. The van der Waals surface area contributed by atoms with Crippen LogP contribution in [0.25, 0.3) is 0 Å². The highest BCUT2D eigenvalue weighted by molar-refractivity contribution is 4.74. The average molecular weight is 185 g/mol. The number of nitrogens with one attached hydrogen (secondary N) is 1. The molecule has 0 aliphatic carbocycles. The number of rotatable bonds is 8. The third-order valence-corrected chi connectivity index (χ3v) is 2.29. The Bertz CT molecular complexity index is 125. The molecular formula is C11H23NO. The Morgan fingerprint density at radius 1 is 1.46 bits per heavy atom. The van der Waals surface area contributed by atoms with Crippen LogP contribution in [0.2, 0.25) is 0 Å². The molecule has 2 nitrogen and oxygen atoms in total. The zero-order valence-electron chi connectivity index (χ0n) is 8.92. The van der Waals surface area contributed by atoms with Gasteiger partial charge >= 0.3 is 0 Å². The van der Waals surface area contributed by atoms with Gasteiger partial charge in [-0.2, -0.15) is 0 Å². The highest BCUT2D eigenvalue weighted by Gasteiger charge is 2.08. The standard InChI is InChI=1S/C11H23NO/c1-4-6-7-10(3)12-11(5-2)8-9-13/h4,10-13H,1,5-9H2,2-3H3. The van der Waals surface area contributed by atoms with Crippen molar-refractivity contribution in [1.29, 1.82) is 0 Å². The first-order valence-electron chi connectivity index (χ1n) is 5.22. The molecule has 0 aliphatic rings. The lowest BCUT2D eigenvalue weighted by atomic mass is 10.1. The fourth-order valence-electron chi connectivity index (χ4n) is 1.41. The van der Waals surface area contributed by atoms with Crippen LogP contribution in [0.5, 0.6) is 0 Å². The Balaban J connectivity index is 3.58. The van der Waals surface area contributed by atoms with Gasteiger partial charge in [0.25, 0.3) is 0 Å². The van der Waals surface area contributed by atoms with Crippen LogP contribution in [0.1, 0.15) is 39.5 Å². The quantitative estimate of drug-likeness (QED) is 0.568. The van der Waals surface area contributed by atoms with E-state index in [4.69, 9.17) is 5.11 Å². The van der Waals surface area contributed by atoms with Crippen LogP contribution in [0.3, 0.4) is 0 Å². The third kappa shape index (κ3) is 6.79. The van der Waals surface area contributed by atoms with E-state index in [1.165, 1.54) is 0 Å². The Morgan fingerprint density at radius 2 is 2.15 bits per heavy atom. The van der Waals surface area contributed by atoms with E-state index in [9.17, 15) is 0 Å². The van der Waals surface area contributed by atoms with Crippen LogP contribution >= 0.6 is 0 Å². The van der Waals surface area contributed by atoms with Crippen molar-refractivity contribution in [3.63, 3.8) is 0 Å². The second kappa shape index (κ2) is 8.27. The summed E-state index contributed by atoms with van der Waals surface area (Å²) in [6.07, 6.45) is 6.08. The van der Waals surface area contributed by atoms with Crippen molar-refractivity contribution in [2.75, 3.05) is 6.61 Å². The maximum absolute atomic E-state index is 8.80. The smallest absolute Gasteiger partial charge is 0.0445 e. The molecule has 0 aromatic heterocycles. The molecule has 0 aromatic rings. The highest BCUT2D eigenvalue weighted by atomic mass is 16.3. The van der Waals surface area contributed by atoms with Gasteiger partial charge in [-0.15, -0.1) is 6.58 Å². The van der Waals surface area contributed by atoms with Crippen LogP contribution in [0.15, 0.2) is 12.7 Å². The minimum atomic E-state index is 0.277. The summed E-state index contributed by atoms with van der Waals surface area (Å²) in [7, 11) is 0. The van der Waals surface area contributed by atoms with Crippen LogP contribution < -0.4 is 5.32 Å². The first-order valence-corrected chi connectivity index (χ1v) is 5.22. The molecule has 0 radical (unpaired) electrons. The average Bonchev–Trinajstić information content (AvgIpc) is 2.14. The molecule has 0 spiro atoms. The Kier molecular flexibility index (Phi) is 8.05. The summed E-state index contributed by atoms with van der Waals surface area (Å²) in [5.41, 5.74) is 0. The maximum Gasteiger partial charge on any atom is 0.0445 e. The zero-order valence-corrected chi connectivity index (χ0v) is 8.92. The molecule has 2 atom stereocenters. The van der Waals surface area contributed by atoms with E-state index in [2.05, 4.69) is 25.7 Å². The minimum absolute atomic E-state index is 0.277. The number of aliphatic hydroxyl groups excluding tert-OH is 1. The van der Waals surface area contributed by atoms with Crippen molar-refractivity contribution in [2.45, 2.75) is 51.6 Å². The van der Waals surface area contributed by atoms with E-state index in [-0.39, 0.29) is 6.61 Å². The molecule has 0 heterocycles. The molecule has 78 valence electrons. The molecule has 13 heavy (non-hydrogen) atoms. The van der Waals surface area contributed by atoms with Gasteiger partial charge in [0, 0.05) is 18.7 Å². The second-order valence-corrected chi connectivity index (χ2v) is 3.55. The van der Waals surface area contributed by atoms with E-state index in [1.54, 1.807) is 0 Å². The summed E-state index contributed by atoms with van der Waals surface area (Å²) < 4.78 is 0. The third-order valence-electron chi connectivity index (χ3n) is 2.29. The predicted octanol–water partition coefficient (Wildman–Crippen LogP) is 2.09. The number of hydrogen-bond acceptors (Lipinski definition) is 2. The van der Waals surface area contributed by atoms with Gasteiger partial charge < -0.3 is 10.4 Å². The normalized spacial score (nSPS) is 15.3. The van der Waals surface area contributed by atoms with Crippen molar-refractivity contribution >= 4 is 0 Å². The summed E-state index contributed by atoms with van der Waals surface area (Å²) >= 11 is 0. The fraction of sp³-hybridized carbons (Fsp3) is 0.818. The molecule has 0 amide bonds. The van der Waals surface area contributed by atoms with Crippen LogP contribution in [0, 0.1) is 0 Å². The van der Waals surface area contributed by atoms with Crippen molar-refractivity contribution in [3.05, 3.63) is 12.7 Å². The summed E-state index contributed by atoms with van der Waals surface area (Å²) in [6.45, 7) is 8.31. The van der Waals surface area contributed by atoms with E-state index < -0.39 is 0 Å². The minimum Gasteiger partial charge on any atom is -0.396 e. The molecule has 0 rings (SSSR count). The monoisotopic (exact) mass is 185 g/mol. The molecule has 0 aromatic carbocycles. The van der Waals surface area contributed by atoms with Crippen molar-refractivity contribution < 1.29 is 5.11 Å². The number of hydrogen-bond donors (Lipinski definition) is 2. The van der Waals surface area contributed by atoms with Crippen LogP contribution in [-0.4, -0.2) is 23.8 Å². The Morgan fingerprint density at radius 3 is 2.62 bits per heavy atom. The fourth-order valence-corrected chi connectivity index (χ4v) is 1.41. The molecule has 0 saturated carbocycles. The molecule has 2 heteroatoms. The van der Waals surface area contributed by atoms with Gasteiger partial charge in [0.1, 0.15) is 0 Å². The molecule has 2 N–H and O–H groups in total. The van der Waals surface area contributed by atoms with Gasteiger partial charge in [0.2, 0.25) is 0 Å². The van der Waals surface area contributed by atoms with Crippen LogP contribution in [-0.2, 0) is 0 Å². The van der Waals surface area contributed by atoms with Gasteiger partial charge in [-0.05, 0) is 32.6 Å². The van der Waals surface area contributed by atoms with E-state index >= 15 is 0 Å². The van der Waals surface area contributed by atoms with Gasteiger partial charge in [0.15, 0.2) is 0 Å². The van der Waals surface area contributed by atoms with E-state index in [1.807, 2.05) is 6.08 Å². The topological polar surface area (TPSA) is 32.3 Å². The SMILES string of the molecule is C=CCCC(C)NC(CC)CCO. The summed E-state index contributed by atoms with van der Waals surface area (Å²) in [5, 5.41) is 12.3. The predicted molar refractivity (Wildman–Crippen MR) is 57.8 cm³/mol. The second-order valence-electron chi connectivity index (χ2n) is 3.55. The van der Waals surface area contributed by atoms with Crippen LogP contribution in [0.4, 0.5) is 0 Å². The first-order chi connectivity index (χ1) is 6.24. The number of aliphatic hydroxyl groups is 1. The Labute approximate surface area is 82.0 Å². The Hall–Kier alpha value is -0.340. The molecule has 0 saturated heterocycles. The first kappa shape index (κ1) is 12.7. The number of allylic oxidation sites excluding steroid dienone is 1. The van der Waals surface area contributed by atoms with Gasteiger partial charge in [-0.1, -0.05) is 13.0 Å². The summed E-state index contributed by atoms with van der Waals surface area (Å²) in [5.74, 6) is 0. The molecule has 0 fully saturated rings. The lowest BCUT2D eigenvalue weighted by molar-refractivity contribution is 0.255. The van der Waals surface area contributed by atoms with Crippen molar-refractivity contribution in [3.8, 4) is 0 Å². The zero-order chi connectivity index (χ0) is 10.1. The lowest BCUT2D eigenvalue weighted by Crippen LogP contribution is -2.36. The molecule has 0 aliphatic heterocycles. The van der Waals surface area contributed by atoms with Gasteiger partial charge in [-0.3, -0.25) is 0 Å². The molecule has 2 unspecified atom stereocenters. The lowest BCUT2D eigenvalue weighted by Gasteiger charge is -2.21. The van der Waals surface area contributed by atoms with Gasteiger partial charge in [0.05, 0.1) is 0 Å². The van der Waals surface area contributed by atoms with Gasteiger partial charge in [-0.25, -0.2) is 0 Å². The summed E-state index contributed by atoms with van der Waals surface area (Å²) in [4.78, 5) is 0. The van der Waals surface area contributed by atoms with Crippen molar-refractivity contribution in [2.24, 2.45) is 0 Å². The van der Waals surface area contributed by atoms with E-state index in [0.29, 0.717) is 12.1 Å². The van der Waals surface area contributed by atoms with Crippen molar-refractivity contribution in [1.82, 2.24) is 5.32 Å². The highest BCUT2D eigenvalue weighted by Crippen LogP contribution is 2.03. The maximum atomic E-state index is 8.80. The van der Waals surface area contributed by atoms with E-state index in [0.717, 1.165) is 25.7 Å². The largest absolute Gasteiger partial charge is 0.396 e. The molecular weight excluding hydrogens is 162 g/mol.